The molecule has 24 heavy (non-hydrogen) atoms. The van der Waals surface area contributed by atoms with Crippen molar-refractivity contribution in [2.75, 3.05) is 12.8 Å². The number of hydrogen-bond donors (Lipinski definition) is 2. The summed E-state index contributed by atoms with van der Waals surface area (Å²) in [5, 5.41) is 9.29. The van der Waals surface area contributed by atoms with Crippen molar-refractivity contribution in [3.63, 3.8) is 0 Å². The maximum Gasteiger partial charge on any atom is 0.341 e. The minimum Gasteiger partial charge on any atom is -0.477 e. The zero-order valence-corrected chi connectivity index (χ0v) is 14.7. The molecule has 0 radical (unpaired) electrons. The summed E-state index contributed by atoms with van der Waals surface area (Å²) in [6.45, 7) is 0.530. The molecule has 0 amide bonds. The van der Waals surface area contributed by atoms with Gasteiger partial charge in [0.25, 0.3) is 5.56 Å². The van der Waals surface area contributed by atoms with Gasteiger partial charge in [-0.1, -0.05) is 12.8 Å². The first kappa shape index (κ1) is 18.7. The molecule has 0 fully saturated rings. The van der Waals surface area contributed by atoms with E-state index in [-0.39, 0.29) is 12.1 Å². The van der Waals surface area contributed by atoms with Crippen LogP contribution in [0.1, 0.15) is 53.7 Å². The van der Waals surface area contributed by atoms with Crippen molar-refractivity contribution in [3.05, 3.63) is 33.2 Å². The highest BCUT2D eigenvalue weighted by atomic mass is 32.2. The summed E-state index contributed by atoms with van der Waals surface area (Å²) in [7, 11) is -3.27. The Hall–Kier alpha value is -1.67. The predicted molar refractivity (Wildman–Crippen MR) is 91.0 cm³/mol. The van der Waals surface area contributed by atoms with Crippen LogP contribution in [0.15, 0.2) is 10.9 Å². The molecular formula is C16H24N2O5S. The lowest BCUT2D eigenvalue weighted by atomic mass is 9.95. The van der Waals surface area contributed by atoms with E-state index in [0.29, 0.717) is 13.0 Å². The van der Waals surface area contributed by atoms with Gasteiger partial charge in [0.05, 0.1) is 6.26 Å². The zero-order valence-electron chi connectivity index (χ0n) is 13.9. The van der Waals surface area contributed by atoms with Crippen LogP contribution >= 0.6 is 0 Å². The first-order chi connectivity index (χ1) is 11.3. The van der Waals surface area contributed by atoms with Gasteiger partial charge >= 0.3 is 5.97 Å². The molecule has 0 spiro atoms. The lowest BCUT2D eigenvalue weighted by molar-refractivity contribution is 0.0694. The van der Waals surface area contributed by atoms with Crippen LogP contribution in [0.25, 0.3) is 0 Å². The smallest absolute Gasteiger partial charge is 0.341 e. The second-order valence-electron chi connectivity index (χ2n) is 6.23. The van der Waals surface area contributed by atoms with Crippen molar-refractivity contribution >= 4 is 16.0 Å². The first-order valence-electron chi connectivity index (χ1n) is 8.23. The van der Waals surface area contributed by atoms with Crippen molar-refractivity contribution in [3.8, 4) is 0 Å². The number of nitrogens with one attached hydrogen (secondary N) is 1. The van der Waals surface area contributed by atoms with Crippen LogP contribution in [-0.2, 0) is 29.4 Å². The van der Waals surface area contributed by atoms with Gasteiger partial charge in [-0.3, -0.25) is 4.79 Å². The Bertz CT molecular complexity index is 767. The predicted octanol–water partition coefficient (Wildman–Crippen LogP) is 1.14. The summed E-state index contributed by atoms with van der Waals surface area (Å²) in [4.78, 5) is 23.9. The summed E-state index contributed by atoms with van der Waals surface area (Å²) < 4.78 is 26.2. The van der Waals surface area contributed by atoms with Gasteiger partial charge in [-0.25, -0.2) is 17.9 Å². The molecule has 8 heteroatoms. The molecule has 1 heterocycles. The molecule has 1 aliphatic rings. The standard InChI is InChI=1S/C16H24N2O5S/c1-24(22,23)17-9-6-10-18-14-8-5-3-2-4-7-12(14)11-13(15(18)19)16(20)21/h11,17H,2-10H2,1H3,(H,20,21). The molecule has 2 rings (SSSR count). The van der Waals surface area contributed by atoms with Crippen molar-refractivity contribution in [2.24, 2.45) is 0 Å². The van der Waals surface area contributed by atoms with Crippen LogP contribution in [0.3, 0.4) is 0 Å². The highest BCUT2D eigenvalue weighted by molar-refractivity contribution is 7.88. The maximum absolute atomic E-state index is 12.5. The van der Waals surface area contributed by atoms with Crippen molar-refractivity contribution in [1.29, 1.82) is 0 Å². The molecule has 0 unspecified atom stereocenters. The minimum atomic E-state index is -3.27. The number of carbonyl (C=O) groups is 1. The Morgan fingerprint density at radius 2 is 1.92 bits per heavy atom. The minimum absolute atomic E-state index is 0.203. The van der Waals surface area contributed by atoms with E-state index in [1.807, 2.05) is 0 Å². The number of aromatic carboxylic acids is 1. The van der Waals surface area contributed by atoms with Crippen molar-refractivity contribution in [1.82, 2.24) is 9.29 Å². The molecule has 1 aromatic heterocycles. The molecule has 0 bridgehead atoms. The molecule has 134 valence electrons. The molecule has 0 saturated heterocycles. The second-order valence-corrected chi connectivity index (χ2v) is 8.06. The van der Waals surface area contributed by atoms with Gasteiger partial charge < -0.3 is 9.67 Å². The van der Waals surface area contributed by atoms with Gasteiger partial charge in [0.1, 0.15) is 5.56 Å². The van der Waals surface area contributed by atoms with E-state index in [2.05, 4.69) is 4.72 Å². The molecule has 1 aliphatic carbocycles. The number of hydrogen-bond acceptors (Lipinski definition) is 4. The summed E-state index contributed by atoms with van der Waals surface area (Å²) in [6.07, 6.45) is 7.22. The Kier molecular flexibility index (Phi) is 6.17. The second kappa shape index (κ2) is 7.94. The fourth-order valence-electron chi connectivity index (χ4n) is 3.12. The Balaban J connectivity index is 2.32. The van der Waals surface area contributed by atoms with Crippen LogP contribution in [0.4, 0.5) is 0 Å². The van der Waals surface area contributed by atoms with Crippen molar-refractivity contribution < 1.29 is 18.3 Å². The lowest BCUT2D eigenvalue weighted by Crippen LogP contribution is -2.32. The Morgan fingerprint density at radius 1 is 1.25 bits per heavy atom. The fourth-order valence-corrected chi connectivity index (χ4v) is 3.63. The number of aromatic nitrogens is 1. The third-order valence-electron chi connectivity index (χ3n) is 4.25. The van der Waals surface area contributed by atoms with Crippen LogP contribution < -0.4 is 10.3 Å². The number of rotatable bonds is 6. The summed E-state index contributed by atoms with van der Waals surface area (Å²) >= 11 is 0. The Morgan fingerprint density at radius 3 is 2.54 bits per heavy atom. The number of nitrogens with zero attached hydrogens (tertiary/aromatic N) is 1. The van der Waals surface area contributed by atoms with Crippen molar-refractivity contribution in [2.45, 2.75) is 51.5 Å². The van der Waals surface area contributed by atoms with Gasteiger partial charge in [0.15, 0.2) is 0 Å². The average Bonchev–Trinajstić information content (AvgIpc) is 2.45. The Labute approximate surface area is 141 Å². The van der Waals surface area contributed by atoms with Crippen LogP contribution in [-0.4, -0.2) is 36.9 Å². The number of carboxylic acids is 1. The first-order valence-corrected chi connectivity index (χ1v) is 10.1. The molecule has 2 N–H and O–H groups in total. The van der Waals surface area contributed by atoms with E-state index in [9.17, 15) is 23.1 Å². The third-order valence-corrected chi connectivity index (χ3v) is 4.98. The number of sulfonamides is 1. The van der Waals surface area contributed by atoms with Gasteiger partial charge in [-0.2, -0.15) is 0 Å². The number of carboxylic acid groups (broad SMARTS) is 1. The largest absolute Gasteiger partial charge is 0.477 e. The van der Waals surface area contributed by atoms with E-state index < -0.39 is 21.6 Å². The van der Waals surface area contributed by atoms with E-state index in [1.165, 1.54) is 10.6 Å². The van der Waals surface area contributed by atoms with Crippen LogP contribution in [0.5, 0.6) is 0 Å². The molecule has 1 aromatic rings. The quantitative estimate of drug-likeness (QED) is 0.744. The highest BCUT2D eigenvalue weighted by Crippen LogP contribution is 2.20. The van der Waals surface area contributed by atoms with Crippen LogP contribution in [0.2, 0.25) is 0 Å². The average molecular weight is 356 g/mol. The van der Waals surface area contributed by atoms with E-state index in [4.69, 9.17) is 0 Å². The van der Waals surface area contributed by atoms with E-state index in [1.54, 1.807) is 0 Å². The summed E-state index contributed by atoms with van der Waals surface area (Å²) in [6, 6.07) is 1.52. The fraction of sp³-hybridized carbons (Fsp3) is 0.625. The number of pyridine rings is 1. The van der Waals surface area contributed by atoms with E-state index >= 15 is 0 Å². The van der Waals surface area contributed by atoms with Gasteiger partial charge in [0, 0.05) is 18.8 Å². The molecule has 0 aromatic carbocycles. The lowest BCUT2D eigenvalue weighted by Gasteiger charge is -2.20. The maximum atomic E-state index is 12.5. The normalized spacial score (nSPS) is 15.4. The highest BCUT2D eigenvalue weighted by Gasteiger charge is 2.19. The molecule has 0 saturated carbocycles. The summed E-state index contributed by atoms with van der Waals surface area (Å²) in [5.41, 5.74) is 1.14. The van der Waals surface area contributed by atoms with Gasteiger partial charge in [-0.15, -0.1) is 0 Å². The topological polar surface area (TPSA) is 105 Å². The molecule has 7 nitrogen and oxygen atoms in total. The third kappa shape index (κ3) is 4.91. The molecule has 0 atom stereocenters. The monoisotopic (exact) mass is 356 g/mol. The van der Waals surface area contributed by atoms with E-state index in [0.717, 1.165) is 56.0 Å². The zero-order chi connectivity index (χ0) is 17.7. The van der Waals surface area contributed by atoms with Gasteiger partial charge in [-0.05, 0) is 43.7 Å². The molecular weight excluding hydrogens is 332 g/mol. The number of fused-ring (bicyclic) bond motifs is 1. The van der Waals surface area contributed by atoms with Gasteiger partial charge in [0.2, 0.25) is 10.0 Å². The number of aryl methyl sites for hydroxylation is 1. The summed E-state index contributed by atoms with van der Waals surface area (Å²) in [5.74, 6) is -1.21. The SMILES string of the molecule is CS(=O)(=O)NCCCn1c2c(cc(C(=O)O)c1=O)CCCCCC2. The molecule has 0 aliphatic heterocycles. The van der Waals surface area contributed by atoms with Crippen LogP contribution in [0, 0.1) is 0 Å².